The van der Waals surface area contributed by atoms with Gasteiger partial charge in [0.15, 0.2) is 0 Å². The number of hydrogen-bond acceptors (Lipinski definition) is 0. The molecule has 0 aromatic heterocycles. The summed E-state index contributed by atoms with van der Waals surface area (Å²) in [5, 5.41) is 0. The van der Waals surface area contributed by atoms with E-state index in [0.717, 1.165) is 0 Å². The van der Waals surface area contributed by atoms with Crippen molar-refractivity contribution in [3.63, 3.8) is 0 Å². The maximum Gasteiger partial charge on any atom is 2.00 e. The zero-order chi connectivity index (χ0) is 0. The van der Waals surface area contributed by atoms with Crippen LogP contribution in [0.1, 0.15) is 0 Å². The minimum absolute atomic E-state index is 0. The van der Waals surface area contributed by atoms with Crippen molar-refractivity contribution in [1.82, 2.24) is 0 Å². The Balaban J connectivity index is 0. The van der Waals surface area contributed by atoms with Gasteiger partial charge in [0.25, 0.3) is 0 Å². The molecule has 0 aromatic carbocycles. The molecule has 0 saturated carbocycles. The molecule has 4 heteroatoms. The van der Waals surface area contributed by atoms with E-state index in [1.54, 1.807) is 0 Å². The van der Waals surface area contributed by atoms with Gasteiger partial charge in [-0.05, 0) is 0 Å². The van der Waals surface area contributed by atoms with Crippen LogP contribution in [0.2, 0.25) is 0 Å². The molecule has 0 aliphatic rings. The largest absolute Gasteiger partial charge is 2.00 e. The SMILES string of the molecule is [Fe].[LiH].[Mg+2].[O-2]. The third-order valence-electron chi connectivity index (χ3n) is 0. The van der Waals surface area contributed by atoms with Gasteiger partial charge in [-0.3, -0.25) is 0 Å². The summed E-state index contributed by atoms with van der Waals surface area (Å²) < 4.78 is 0. The van der Waals surface area contributed by atoms with E-state index in [4.69, 9.17) is 0 Å². The summed E-state index contributed by atoms with van der Waals surface area (Å²) in [5.41, 5.74) is 0. The molecule has 0 aliphatic heterocycles. The predicted molar refractivity (Wildman–Crippen MR) is 13.6 cm³/mol. The Labute approximate surface area is 64.0 Å². The van der Waals surface area contributed by atoms with E-state index in [1.165, 1.54) is 0 Å². The molecule has 0 radical (unpaired) electrons. The Hall–Kier alpha value is 1.84. The number of rotatable bonds is 0. The molecule has 0 spiro atoms. The van der Waals surface area contributed by atoms with E-state index in [1.807, 2.05) is 0 Å². The Kier molecular flexibility index (Phi) is 212. The monoisotopic (exact) mass is 104 g/mol. The summed E-state index contributed by atoms with van der Waals surface area (Å²) in [6, 6.07) is 0. The molecular weight excluding hydrogens is 103 g/mol. The summed E-state index contributed by atoms with van der Waals surface area (Å²) in [5.74, 6) is 0. The summed E-state index contributed by atoms with van der Waals surface area (Å²) in [6.45, 7) is 0. The van der Waals surface area contributed by atoms with Gasteiger partial charge in [0, 0.05) is 17.1 Å². The molecule has 0 N–H and O–H groups in total. The van der Waals surface area contributed by atoms with E-state index in [-0.39, 0.29) is 64.5 Å². The van der Waals surface area contributed by atoms with Crippen molar-refractivity contribution in [3.8, 4) is 0 Å². The van der Waals surface area contributed by atoms with Crippen LogP contribution in [0.3, 0.4) is 0 Å². The van der Waals surface area contributed by atoms with Crippen LogP contribution in [0.4, 0.5) is 0 Å². The fourth-order valence-electron chi connectivity index (χ4n) is 0. The fraction of sp³-hybridized carbons (Fsp3) is 0. The smallest absolute Gasteiger partial charge is 2.00 e. The normalized spacial score (nSPS) is 0. The third kappa shape index (κ3) is 9.14. The van der Waals surface area contributed by atoms with Gasteiger partial charge < -0.3 is 5.48 Å². The van der Waals surface area contributed by atoms with Gasteiger partial charge in [-0.15, -0.1) is 0 Å². The Bertz CT molecular complexity index is 8.00. The molecule has 18 valence electrons. The predicted octanol–water partition coefficient (Wildman–Crippen LogP) is -1.15. The molecule has 0 bridgehead atoms. The van der Waals surface area contributed by atoms with Gasteiger partial charge in [-0.1, -0.05) is 0 Å². The Morgan fingerprint density at radius 3 is 1.00 bits per heavy atom. The van der Waals surface area contributed by atoms with Crippen molar-refractivity contribution in [2.45, 2.75) is 0 Å². The minimum atomic E-state index is 0. The summed E-state index contributed by atoms with van der Waals surface area (Å²) in [4.78, 5) is 0. The van der Waals surface area contributed by atoms with Crippen molar-refractivity contribution in [1.29, 1.82) is 0 Å². The Morgan fingerprint density at radius 2 is 1.00 bits per heavy atom. The van der Waals surface area contributed by atoms with Crippen molar-refractivity contribution < 1.29 is 22.5 Å². The first kappa shape index (κ1) is 40.3. The fourth-order valence-corrected chi connectivity index (χ4v) is 0. The van der Waals surface area contributed by atoms with Crippen LogP contribution < -0.4 is 0 Å². The van der Waals surface area contributed by atoms with Crippen LogP contribution >= 0.6 is 0 Å². The molecule has 0 saturated heterocycles. The molecule has 0 fully saturated rings. The molecule has 0 amide bonds. The maximum atomic E-state index is 0. The first-order valence-electron chi connectivity index (χ1n) is 0. The zero-order valence-electron chi connectivity index (χ0n) is 1.47. The topological polar surface area (TPSA) is 28.5 Å². The van der Waals surface area contributed by atoms with Crippen molar-refractivity contribution in [2.24, 2.45) is 0 Å². The average Bonchev–Trinajstić information content (AvgIpc) is 0. The van der Waals surface area contributed by atoms with Crippen molar-refractivity contribution in [2.75, 3.05) is 0 Å². The first-order valence-corrected chi connectivity index (χ1v) is 0. The quantitative estimate of drug-likeness (QED) is 0.347. The summed E-state index contributed by atoms with van der Waals surface area (Å²) in [7, 11) is 0. The van der Waals surface area contributed by atoms with Crippen LogP contribution in [0.25, 0.3) is 0 Å². The standard InChI is InChI=1S/Fe.Li.Mg.O.H/q;;+2;-2;. The molecule has 0 rings (SSSR count). The van der Waals surface area contributed by atoms with Gasteiger partial charge in [0.05, 0.1) is 0 Å². The van der Waals surface area contributed by atoms with Crippen LogP contribution in [-0.4, -0.2) is 41.9 Å². The Morgan fingerprint density at radius 1 is 1.00 bits per heavy atom. The van der Waals surface area contributed by atoms with E-state index < -0.39 is 0 Å². The molecule has 0 aromatic rings. The van der Waals surface area contributed by atoms with Crippen molar-refractivity contribution in [3.05, 3.63) is 0 Å². The molecule has 0 aliphatic carbocycles. The summed E-state index contributed by atoms with van der Waals surface area (Å²) >= 11 is 0. The van der Waals surface area contributed by atoms with Crippen LogP contribution in [0.15, 0.2) is 0 Å². The zero-order valence-corrected chi connectivity index (χ0v) is 3.99. The average molecular weight is 104 g/mol. The second-order valence-electron chi connectivity index (χ2n) is 0. The number of hydrogen-bond donors (Lipinski definition) is 0. The molecule has 0 unspecified atom stereocenters. The second kappa shape index (κ2) is 21.1. The van der Waals surface area contributed by atoms with E-state index >= 15 is 0 Å². The van der Waals surface area contributed by atoms with Crippen LogP contribution in [0.5, 0.6) is 0 Å². The minimum Gasteiger partial charge on any atom is -2.00 e. The van der Waals surface area contributed by atoms with Gasteiger partial charge in [-0.25, -0.2) is 0 Å². The van der Waals surface area contributed by atoms with Gasteiger partial charge in [0.2, 0.25) is 0 Å². The van der Waals surface area contributed by atoms with Crippen molar-refractivity contribution >= 4 is 41.9 Å². The molecule has 0 atom stereocenters. The van der Waals surface area contributed by atoms with Gasteiger partial charge >= 0.3 is 41.9 Å². The molecular formula is HFeLiMgO. The molecule has 1 nitrogen and oxygen atoms in total. The van der Waals surface area contributed by atoms with Crippen LogP contribution in [-0.2, 0) is 22.5 Å². The van der Waals surface area contributed by atoms with E-state index in [0.29, 0.717) is 0 Å². The first-order chi connectivity index (χ1) is 0. The molecule has 0 heterocycles. The van der Waals surface area contributed by atoms with E-state index in [2.05, 4.69) is 0 Å². The maximum absolute atomic E-state index is 0. The second-order valence-corrected chi connectivity index (χ2v) is 0. The summed E-state index contributed by atoms with van der Waals surface area (Å²) in [6.07, 6.45) is 0. The van der Waals surface area contributed by atoms with Crippen LogP contribution in [0, 0.1) is 0 Å². The third-order valence-corrected chi connectivity index (χ3v) is 0. The van der Waals surface area contributed by atoms with Gasteiger partial charge in [0.1, 0.15) is 0 Å². The molecule has 4 heavy (non-hydrogen) atoms. The van der Waals surface area contributed by atoms with Gasteiger partial charge in [-0.2, -0.15) is 0 Å². The van der Waals surface area contributed by atoms with E-state index in [9.17, 15) is 0 Å².